The lowest BCUT2D eigenvalue weighted by atomic mass is 10.0. The van der Waals surface area contributed by atoms with Gasteiger partial charge < -0.3 is 10.1 Å². The summed E-state index contributed by atoms with van der Waals surface area (Å²) >= 11 is 0. The van der Waals surface area contributed by atoms with E-state index in [2.05, 4.69) is 25.1 Å². The van der Waals surface area contributed by atoms with Gasteiger partial charge in [0.2, 0.25) is 5.95 Å². The molecular weight excluding hydrogens is 480 g/mol. The maximum absolute atomic E-state index is 13.8. The van der Waals surface area contributed by atoms with E-state index in [9.17, 15) is 22.4 Å². The number of fused-ring (bicyclic) bond motifs is 2. The SMILES string of the molecule is Cn1cc2cc(-n3cc4cnc(NCC(F)F)nc4c(-c4ccc(OC(F)F)cc4)c3=O)ccc2n1. The van der Waals surface area contributed by atoms with Crippen LogP contribution in [0.5, 0.6) is 5.75 Å². The van der Waals surface area contributed by atoms with Crippen LogP contribution in [0.3, 0.4) is 0 Å². The highest BCUT2D eigenvalue weighted by molar-refractivity contribution is 5.93. The molecule has 5 rings (SSSR count). The number of aromatic nitrogens is 5. The minimum atomic E-state index is -3.00. The molecule has 3 aromatic heterocycles. The van der Waals surface area contributed by atoms with Crippen molar-refractivity contribution in [3.8, 4) is 22.6 Å². The van der Waals surface area contributed by atoms with Crippen LogP contribution in [0.4, 0.5) is 23.5 Å². The van der Waals surface area contributed by atoms with E-state index in [1.165, 1.54) is 35.0 Å². The van der Waals surface area contributed by atoms with Crippen LogP contribution in [0.15, 0.2) is 65.8 Å². The second-order valence-electron chi connectivity index (χ2n) is 7.90. The van der Waals surface area contributed by atoms with Crippen LogP contribution in [0.2, 0.25) is 0 Å². The normalized spacial score (nSPS) is 11.6. The van der Waals surface area contributed by atoms with E-state index in [0.717, 1.165) is 10.9 Å². The van der Waals surface area contributed by atoms with Gasteiger partial charge in [-0.05, 0) is 35.9 Å². The number of benzene rings is 2. The first-order valence-corrected chi connectivity index (χ1v) is 10.7. The maximum atomic E-state index is 13.8. The Bertz CT molecular complexity index is 1620. The monoisotopic (exact) mass is 498 g/mol. The molecule has 12 heteroatoms. The number of hydrogen-bond acceptors (Lipinski definition) is 6. The lowest BCUT2D eigenvalue weighted by Crippen LogP contribution is -2.21. The molecule has 8 nitrogen and oxygen atoms in total. The van der Waals surface area contributed by atoms with Crippen LogP contribution < -0.4 is 15.6 Å². The number of aryl methyl sites for hydroxylation is 1. The Morgan fingerprint density at radius 3 is 2.53 bits per heavy atom. The van der Waals surface area contributed by atoms with E-state index in [-0.39, 0.29) is 22.8 Å². The second kappa shape index (κ2) is 9.29. The lowest BCUT2D eigenvalue weighted by molar-refractivity contribution is -0.0498. The first kappa shape index (κ1) is 23.3. The van der Waals surface area contributed by atoms with Gasteiger partial charge in [0.05, 0.1) is 23.1 Å². The Hall–Kier alpha value is -4.48. The summed E-state index contributed by atoms with van der Waals surface area (Å²) in [6, 6.07) is 10.9. The molecule has 2 aromatic carbocycles. The summed E-state index contributed by atoms with van der Waals surface area (Å²) in [6.45, 7) is -3.66. The van der Waals surface area contributed by atoms with Crippen molar-refractivity contribution < 1.29 is 22.3 Å². The van der Waals surface area contributed by atoms with Crippen LogP contribution in [0.1, 0.15) is 0 Å². The van der Waals surface area contributed by atoms with Gasteiger partial charge >= 0.3 is 6.61 Å². The Morgan fingerprint density at radius 2 is 1.81 bits per heavy atom. The maximum Gasteiger partial charge on any atom is 0.387 e. The fourth-order valence-corrected chi connectivity index (χ4v) is 3.90. The standard InChI is InChI=1S/C24H18F4N6O2/c1-33-11-14-8-16(4-7-18(14)32-33)34-12-15-9-29-24(30-10-19(25)26)31-21(15)20(22(34)35)13-2-5-17(6-3-13)36-23(27)28/h2-9,11-12,19,23H,10H2,1H3,(H,30,31). The van der Waals surface area contributed by atoms with Crippen molar-refractivity contribution in [1.29, 1.82) is 0 Å². The van der Waals surface area contributed by atoms with Gasteiger partial charge in [0.15, 0.2) is 0 Å². The largest absolute Gasteiger partial charge is 0.435 e. The first-order chi connectivity index (χ1) is 17.3. The van der Waals surface area contributed by atoms with Crippen LogP contribution in [0, 0.1) is 0 Å². The van der Waals surface area contributed by atoms with Crippen molar-refractivity contribution in [3.05, 3.63) is 71.4 Å². The molecule has 0 aliphatic carbocycles. The van der Waals surface area contributed by atoms with E-state index < -0.39 is 25.1 Å². The fourth-order valence-electron chi connectivity index (χ4n) is 3.90. The quantitative estimate of drug-likeness (QED) is 0.330. The molecule has 0 saturated heterocycles. The second-order valence-corrected chi connectivity index (χ2v) is 7.90. The molecule has 0 saturated carbocycles. The third-order valence-corrected chi connectivity index (χ3v) is 5.42. The van der Waals surface area contributed by atoms with Crippen LogP contribution in [-0.2, 0) is 7.05 Å². The van der Waals surface area contributed by atoms with E-state index in [0.29, 0.717) is 16.6 Å². The minimum absolute atomic E-state index is 0.0735. The summed E-state index contributed by atoms with van der Waals surface area (Å²) in [7, 11) is 1.79. The van der Waals surface area contributed by atoms with Crippen molar-refractivity contribution in [3.63, 3.8) is 0 Å². The molecule has 0 bridgehead atoms. The molecule has 0 atom stereocenters. The molecule has 0 aliphatic rings. The molecule has 0 radical (unpaired) electrons. The van der Waals surface area contributed by atoms with E-state index in [1.54, 1.807) is 36.1 Å². The summed E-state index contributed by atoms with van der Waals surface area (Å²) in [5.74, 6) is -0.152. The number of rotatable bonds is 7. The molecule has 0 amide bonds. The van der Waals surface area contributed by atoms with Gasteiger partial charge in [-0.1, -0.05) is 12.1 Å². The highest BCUT2D eigenvalue weighted by Crippen LogP contribution is 2.28. The summed E-state index contributed by atoms with van der Waals surface area (Å²) < 4.78 is 58.0. The molecule has 184 valence electrons. The predicted molar refractivity (Wildman–Crippen MR) is 126 cm³/mol. The van der Waals surface area contributed by atoms with Crippen LogP contribution in [0.25, 0.3) is 38.6 Å². The number of pyridine rings is 1. The summed E-state index contributed by atoms with van der Waals surface area (Å²) in [5, 5.41) is 8.06. The number of anilines is 1. The third-order valence-electron chi connectivity index (χ3n) is 5.42. The number of nitrogens with zero attached hydrogens (tertiary/aromatic N) is 5. The number of halogens is 4. The van der Waals surface area contributed by atoms with Crippen molar-refractivity contribution in [2.75, 3.05) is 11.9 Å². The first-order valence-electron chi connectivity index (χ1n) is 10.7. The zero-order valence-corrected chi connectivity index (χ0v) is 18.7. The number of hydrogen-bond donors (Lipinski definition) is 1. The molecule has 5 aromatic rings. The molecule has 0 aliphatic heterocycles. The Morgan fingerprint density at radius 1 is 1.03 bits per heavy atom. The van der Waals surface area contributed by atoms with Gasteiger partial charge in [-0.15, -0.1) is 0 Å². The zero-order valence-electron chi connectivity index (χ0n) is 18.7. The average Bonchev–Trinajstić information content (AvgIpc) is 3.22. The molecule has 0 fully saturated rings. The predicted octanol–water partition coefficient (Wildman–Crippen LogP) is 4.61. The van der Waals surface area contributed by atoms with E-state index >= 15 is 0 Å². The van der Waals surface area contributed by atoms with Gasteiger partial charge in [0.25, 0.3) is 12.0 Å². The van der Waals surface area contributed by atoms with Crippen LogP contribution >= 0.6 is 0 Å². The Labute approximate surface area is 200 Å². The topological polar surface area (TPSA) is 86.9 Å². The van der Waals surface area contributed by atoms with Crippen molar-refractivity contribution in [2.45, 2.75) is 13.0 Å². The number of nitrogens with one attached hydrogen (secondary N) is 1. The van der Waals surface area contributed by atoms with Gasteiger partial charge in [0.1, 0.15) is 5.75 Å². The van der Waals surface area contributed by atoms with E-state index in [1.807, 2.05) is 6.20 Å². The highest BCUT2D eigenvalue weighted by atomic mass is 19.3. The zero-order chi connectivity index (χ0) is 25.4. The average molecular weight is 498 g/mol. The summed E-state index contributed by atoms with van der Waals surface area (Å²) in [6.07, 6.45) is 2.18. The van der Waals surface area contributed by atoms with Gasteiger partial charge in [-0.25, -0.2) is 18.7 Å². The van der Waals surface area contributed by atoms with Crippen molar-refractivity contribution in [2.24, 2.45) is 7.05 Å². The minimum Gasteiger partial charge on any atom is -0.435 e. The van der Waals surface area contributed by atoms with Crippen molar-refractivity contribution in [1.82, 2.24) is 24.3 Å². The lowest BCUT2D eigenvalue weighted by Gasteiger charge is -2.13. The van der Waals surface area contributed by atoms with Gasteiger partial charge in [0, 0.05) is 42.1 Å². The molecular formula is C24H18F4N6O2. The summed E-state index contributed by atoms with van der Waals surface area (Å²) in [5.41, 5.74) is 1.59. The molecule has 0 unspecified atom stereocenters. The van der Waals surface area contributed by atoms with Crippen molar-refractivity contribution >= 4 is 27.8 Å². The third kappa shape index (κ3) is 4.57. The van der Waals surface area contributed by atoms with Crippen LogP contribution in [-0.4, -0.2) is 43.9 Å². The molecule has 3 heterocycles. The highest BCUT2D eigenvalue weighted by Gasteiger charge is 2.17. The van der Waals surface area contributed by atoms with E-state index in [4.69, 9.17) is 0 Å². The number of alkyl halides is 4. The van der Waals surface area contributed by atoms with Gasteiger partial charge in [-0.3, -0.25) is 14.0 Å². The fraction of sp³-hybridized carbons (Fsp3) is 0.167. The molecule has 36 heavy (non-hydrogen) atoms. The Kier molecular flexibility index (Phi) is 6.00. The molecule has 1 N–H and O–H groups in total. The number of ether oxygens (including phenoxy) is 1. The smallest absolute Gasteiger partial charge is 0.387 e. The molecule has 0 spiro atoms. The van der Waals surface area contributed by atoms with Gasteiger partial charge in [-0.2, -0.15) is 13.9 Å². The Balaban J connectivity index is 1.70. The summed E-state index contributed by atoms with van der Waals surface area (Å²) in [4.78, 5) is 22.2.